The van der Waals surface area contributed by atoms with Gasteiger partial charge in [0, 0.05) is 15.3 Å². The molecule has 0 radical (unpaired) electrons. The first-order valence-corrected chi connectivity index (χ1v) is 10.9. The number of nitrogens with zero attached hydrogens (tertiary/aromatic N) is 4. The Bertz CT molecular complexity index is 1490. The van der Waals surface area contributed by atoms with E-state index in [1.54, 1.807) is 28.8 Å². The summed E-state index contributed by atoms with van der Waals surface area (Å²) in [6.45, 7) is 0. The number of nitrogen functional groups attached to an aromatic ring is 1. The smallest absolute Gasteiger partial charge is 0.382 e. The second kappa shape index (κ2) is 9.37. The average Bonchev–Trinajstić information content (AvgIpc) is 3.15. The molecule has 35 heavy (non-hydrogen) atoms. The summed E-state index contributed by atoms with van der Waals surface area (Å²) in [4.78, 5) is 16.3. The van der Waals surface area contributed by atoms with Crippen molar-refractivity contribution in [3.8, 4) is 17.2 Å². The van der Waals surface area contributed by atoms with Gasteiger partial charge in [0.25, 0.3) is 0 Å². The molecule has 2 amide bonds. The highest BCUT2D eigenvalue weighted by atomic mass is 127. The largest absolute Gasteiger partial charge is 0.416 e. The number of rotatable bonds is 4. The molecule has 2 aromatic heterocycles. The van der Waals surface area contributed by atoms with E-state index >= 15 is 0 Å². The summed E-state index contributed by atoms with van der Waals surface area (Å²) in [7, 11) is 0. The molecule has 0 bridgehead atoms. The molecular formula is C22H14F4IN7O. The van der Waals surface area contributed by atoms with Gasteiger partial charge in [-0.05, 0) is 64.0 Å². The van der Waals surface area contributed by atoms with E-state index in [1.165, 1.54) is 29.0 Å². The van der Waals surface area contributed by atoms with Crippen molar-refractivity contribution in [1.82, 2.24) is 14.6 Å². The quantitative estimate of drug-likeness (QED) is 0.214. The minimum atomic E-state index is -4.58. The van der Waals surface area contributed by atoms with Gasteiger partial charge in [-0.25, -0.2) is 18.7 Å². The number of fused-ring (bicyclic) bond motifs is 1. The topological polar surface area (TPSA) is 121 Å². The molecule has 0 spiro atoms. The van der Waals surface area contributed by atoms with Crippen molar-refractivity contribution in [2.75, 3.05) is 16.4 Å². The summed E-state index contributed by atoms with van der Waals surface area (Å²) in [6, 6.07) is 7.96. The highest BCUT2D eigenvalue weighted by Gasteiger charge is 2.31. The van der Waals surface area contributed by atoms with Crippen LogP contribution < -0.4 is 16.4 Å². The molecule has 4 aromatic rings. The van der Waals surface area contributed by atoms with Crippen LogP contribution in [0.5, 0.6) is 0 Å². The van der Waals surface area contributed by atoms with Crippen molar-refractivity contribution < 1.29 is 22.4 Å². The van der Waals surface area contributed by atoms with Gasteiger partial charge in [-0.15, -0.1) is 0 Å². The third kappa shape index (κ3) is 4.97. The molecule has 0 aliphatic rings. The van der Waals surface area contributed by atoms with Crippen LogP contribution in [-0.4, -0.2) is 20.6 Å². The molecule has 0 aliphatic carbocycles. The number of alkyl halides is 3. The lowest BCUT2D eigenvalue weighted by atomic mass is 10.0. The Balaban J connectivity index is 1.62. The number of nitrogens with two attached hydrogens (primary N) is 1. The van der Waals surface area contributed by atoms with Gasteiger partial charge < -0.3 is 16.4 Å². The second-order valence-electron chi connectivity index (χ2n) is 7.27. The normalized spacial score (nSPS) is 11.3. The fourth-order valence-electron chi connectivity index (χ4n) is 3.47. The predicted octanol–water partition coefficient (Wildman–Crippen LogP) is 5.45. The van der Waals surface area contributed by atoms with E-state index in [1.807, 2.05) is 6.07 Å². The number of benzene rings is 2. The number of hydrogen-bond donors (Lipinski definition) is 3. The minimum absolute atomic E-state index is 0.0117. The summed E-state index contributed by atoms with van der Waals surface area (Å²) in [5.41, 5.74) is 6.55. The van der Waals surface area contributed by atoms with Gasteiger partial charge in [0.2, 0.25) is 0 Å². The number of halogens is 5. The van der Waals surface area contributed by atoms with Crippen LogP contribution in [0.3, 0.4) is 0 Å². The summed E-state index contributed by atoms with van der Waals surface area (Å²) < 4.78 is 55.7. The van der Waals surface area contributed by atoms with E-state index in [0.29, 0.717) is 25.8 Å². The van der Waals surface area contributed by atoms with Gasteiger partial charge in [0.05, 0.1) is 29.4 Å². The molecule has 13 heteroatoms. The molecule has 0 atom stereocenters. The summed E-state index contributed by atoms with van der Waals surface area (Å²) in [5, 5.41) is 17.8. The highest BCUT2D eigenvalue weighted by Crippen LogP contribution is 2.35. The van der Waals surface area contributed by atoms with Crippen molar-refractivity contribution in [3.05, 3.63) is 69.4 Å². The third-order valence-corrected chi connectivity index (χ3v) is 5.94. The van der Waals surface area contributed by atoms with Gasteiger partial charge in [-0.3, -0.25) is 0 Å². The van der Waals surface area contributed by atoms with Crippen LogP contribution in [0.25, 0.3) is 16.6 Å². The number of amides is 2. The Labute approximate surface area is 208 Å². The van der Waals surface area contributed by atoms with Crippen molar-refractivity contribution in [2.24, 2.45) is 0 Å². The van der Waals surface area contributed by atoms with Crippen LogP contribution in [0, 0.1) is 20.7 Å². The van der Waals surface area contributed by atoms with Crippen molar-refractivity contribution in [1.29, 1.82) is 5.26 Å². The molecule has 2 heterocycles. The van der Waals surface area contributed by atoms with E-state index < -0.39 is 23.6 Å². The molecule has 4 rings (SSSR count). The maximum absolute atomic E-state index is 14.9. The number of hydrogen-bond acceptors (Lipinski definition) is 5. The molecule has 0 saturated heterocycles. The number of carbonyl (C=O) groups is 1. The predicted molar refractivity (Wildman–Crippen MR) is 129 cm³/mol. The molecule has 0 saturated carbocycles. The Kier molecular flexibility index (Phi) is 6.48. The van der Waals surface area contributed by atoms with Gasteiger partial charge in [-0.1, -0.05) is 6.07 Å². The zero-order chi connectivity index (χ0) is 25.3. The number of urea groups is 1. The summed E-state index contributed by atoms with van der Waals surface area (Å²) >= 11 is 1.78. The molecule has 4 N–H and O–H groups in total. The molecule has 8 nitrogen and oxygen atoms in total. The minimum Gasteiger partial charge on any atom is -0.382 e. The van der Waals surface area contributed by atoms with E-state index in [-0.39, 0.29) is 23.6 Å². The molecule has 0 fully saturated rings. The first kappa shape index (κ1) is 24.2. The van der Waals surface area contributed by atoms with Gasteiger partial charge in [-0.2, -0.15) is 23.5 Å². The Hall–Kier alpha value is -3.93. The summed E-state index contributed by atoms with van der Waals surface area (Å²) in [6.07, 6.45) is -1.72. The number of nitriles is 1. The summed E-state index contributed by atoms with van der Waals surface area (Å²) in [5.74, 6) is -0.675. The lowest BCUT2D eigenvalue weighted by Gasteiger charge is -2.13. The first-order chi connectivity index (χ1) is 16.6. The van der Waals surface area contributed by atoms with E-state index in [0.717, 1.165) is 18.2 Å². The maximum Gasteiger partial charge on any atom is 0.416 e. The van der Waals surface area contributed by atoms with Gasteiger partial charge in [0.15, 0.2) is 5.82 Å². The Morgan fingerprint density at radius 1 is 1.17 bits per heavy atom. The number of aromatic nitrogens is 3. The fraction of sp³-hybridized carbons (Fsp3) is 0.0909. The van der Waals surface area contributed by atoms with E-state index in [2.05, 4.69) is 20.7 Å². The number of carbonyl (C=O) groups excluding carboxylic acids is 1. The van der Waals surface area contributed by atoms with Crippen molar-refractivity contribution in [2.45, 2.75) is 12.6 Å². The number of nitrogens with one attached hydrogen (secondary N) is 2. The van der Waals surface area contributed by atoms with Crippen LogP contribution in [-0.2, 0) is 12.6 Å². The van der Waals surface area contributed by atoms with Crippen LogP contribution >= 0.6 is 22.6 Å². The lowest BCUT2D eigenvalue weighted by Crippen LogP contribution is -2.21. The maximum atomic E-state index is 14.9. The molecule has 178 valence electrons. The zero-order valence-corrected chi connectivity index (χ0v) is 19.6. The third-order valence-electron chi connectivity index (χ3n) is 5.00. The van der Waals surface area contributed by atoms with Crippen molar-refractivity contribution >= 4 is 51.3 Å². The van der Waals surface area contributed by atoms with E-state index in [4.69, 9.17) is 11.0 Å². The highest BCUT2D eigenvalue weighted by molar-refractivity contribution is 14.1. The lowest BCUT2D eigenvalue weighted by molar-refractivity contribution is -0.137. The van der Waals surface area contributed by atoms with Gasteiger partial charge >= 0.3 is 12.2 Å². The van der Waals surface area contributed by atoms with Crippen LogP contribution in [0.4, 0.5) is 39.5 Å². The second-order valence-corrected chi connectivity index (χ2v) is 8.43. The Morgan fingerprint density at radius 2 is 1.91 bits per heavy atom. The SMILES string of the molecule is N#CCc1cn2ncnc(N)c2c1-c1ccc(NC(=O)Nc2cc(C(F)(F)F)ccc2I)c(F)c1. The van der Waals surface area contributed by atoms with Crippen LogP contribution in [0.15, 0.2) is 48.9 Å². The molecule has 0 aliphatic heterocycles. The number of anilines is 3. The van der Waals surface area contributed by atoms with Crippen LogP contribution in [0.1, 0.15) is 11.1 Å². The van der Waals surface area contributed by atoms with Gasteiger partial charge in [0.1, 0.15) is 17.7 Å². The average molecular weight is 595 g/mol. The first-order valence-electron chi connectivity index (χ1n) is 9.80. The monoisotopic (exact) mass is 595 g/mol. The Morgan fingerprint density at radius 3 is 2.60 bits per heavy atom. The fourth-order valence-corrected chi connectivity index (χ4v) is 3.94. The molecular weight excluding hydrogens is 581 g/mol. The van der Waals surface area contributed by atoms with Crippen molar-refractivity contribution in [3.63, 3.8) is 0 Å². The zero-order valence-electron chi connectivity index (χ0n) is 17.5. The standard InChI is InChI=1S/C22H14F4IN7O/c23-14-7-11(18-12(5-6-28)9-34-19(18)20(29)30-10-31-34)1-4-16(14)32-21(35)33-17-8-13(22(24,25)26)2-3-15(17)27/h1-4,7-10H,5H2,(H2,29,30,31)(H2,32,33,35). The molecule has 0 unspecified atom stereocenters. The van der Waals surface area contributed by atoms with E-state index in [9.17, 15) is 22.4 Å². The van der Waals surface area contributed by atoms with Crippen LogP contribution in [0.2, 0.25) is 0 Å². The molecule has 2 aromatic carbocycles.